The molecule has 3 aromatic rings. The van der Waals surface area contributed by atoms with Crippen LogP contribution in [-0.2, 0) is 6.54 Å². The summed E-state index contributed by atoms with van der Waals surface area (Å²) in [4.78, 5) is 10.4. The zero-order valence-corrected chi connectivity index (χ0v) is 10.8. The molecular weight excluding hydrogens is 256 g/mol. The van der Waals surface area contributed by atoms with E-state index < -0.39 is 0 Å². The number of hydrogen-bond donors (Lipinski definition) is 1. The second-order valence-corrected chi connectivity index (χ2v) is 5.16. The van der Waals surface area contributed by atoms with E-state index in [4.69, 9.17) is 5.26 Å². The Hall–Kier alpha value is -2.45. The van der Waals surface area contributed by atoms with Crippen LogP contribution in [0.15, 0.2) is 42.7 Å². The quantitative estimate of drug-likeness (QED) is 0.791. The lowest BCUT2D eigenvalue weighted by molar-refractivity contribution is 1.19. The molecule has 19 heavy (non-hydrogen) atoms. The number of nitriles is 1. The summed E-state index contributed by atoms with van der Waals surface area (Å²) < 4.78 is 0. The zero-order valence-electron chi connectivity index (χ0n) is 10.00. The van der Waals surface area contributed by atoms with Crippen molar-refractivity contribution in [2.75, 3.05) is 5.32 Å². The Bertz CT molecular complexity index is 757. The third kappa shape index (κ3) is 2.54. The second-order valence-electron chi connectivity index (χ2n) is 3.99. The van der Waals surface area contributed by atoms with Crippen LogP contribution in [0.2, 0.25) is 0 Å². The van der Waals surface area contributed by atoms with Crippen LogP contribution in [0.25, 0.3) is 11.0 Å². The minimum atomic E-state index is 0.706. The van der Waals surface area contributed by atoms with Gasteiger partial charge in [-0.25, -0.2) is 0 Å². The van der Waals surface area contributed by atoms with Crippen molar-refractivity contribution < 1.29 is 0 Å². The molecule has 0 bridgehead atoms. The summed E-state index contributed by atoms with van der Waals surface area (Å²) >= 11 is 1.50. The summed E-state index contributed by atoms with van der Waals surface area (Å²) in [6.45, 7) is 0.706. The molecule has 0 aliphatic rings. The van der Waals surface area contributed by atoms with E-state index in [1.54, 1.807) is 12.4 Å². The molecule has 2 aromatic heterocycles. The van der Waals surface area contributed by atoms with Gasteiger partial charge in [-0.2, -0.15) is 5.26 Å². The van der Waals surface area contributed by atoms with Crippen molar-refractivity contribution in [1.82, 2.24) is 9.97 Å². The molecule has 0 aliphatic carbocycles. The van der Waals surface area contributed by atoms with Gasteiger partial charge in [0.05, 0.1) is 11.0 Å². The summed E-state index contributed by atoms with van der Waals surface area (Å²) in [6, 6.07) is 11.9. The highest BCUT2D eigenvalue weighted by Crippen LogP contribution is 2.19. The van der Waals surface area contributed by atoms with Crippen molar-refractivity contribution in [3.05, 3.63) is 52.5 Å². The molecule has 1 N–H and O–H groups in total. The average molecular weight is 266 g/mol. The van der Waals surface area contributed by atoms with Crippen molar-refractivity contribution in [1.29, 1.82) is 5.26 Å². The molecule has 92 valence electrons. The molecule has 0 saturated heterocycles. The predicted molar refractivity (Wildman–Crippen MR) is 75.9 cm³/mol. The van der Waals surface area contributed by atoms with Crippen LogP contribution < -0.4 is 5.32 Å². The lowest BCUT2D eigenvalue weighted by atomic mass is 10.2. The molecule has 1 aromatic carbocycles. The Balaban J connectivity index is 1.76. The van der Waals surface area contributed by atoms with E-state index in [2.05, 4.69) is 21.4 Å². The van der Waals surface area contributed by atoms with Crippen LogP contribution in [0.3, 0.4) is 0 Å². The van der Waals surface area contributed by atoms with Gasteiger partial charge < -0.3 is 5.32 Å². The maximum atomic E-state index is 8.78. The average Bonchev–Trinajstić information content (AvgIpc) is 2.93. The van der Waals surface area contributed by atoms with Gasteiger partial charge in [0.2, 0.25) is 0 Å². The van der Waals surface area contributed by atoms with Crippen LogP contribution in [0.4, 0.5) is 5.69 Å². The first kappa shape index (κ1) is 11.6. The largest absolute Gasteiger partial charge is 0.380 e. The van der Waals surface area contributed by atoms with Gasteiger partial charge in [-0.1, -0.05) is 0 Å². The third-order valence-corrected chi connectivity index (χ3v) is 3.70. The second kappa shape index (κ2) is 5.04. The van der Waals surface area contributed by atoms with E-state index in [0.717, 1.165) is 26.5 Å². The number of thiophene rings is 1. The fourth-order valence-corrected chi connectivity index (χ4v) is 2.54. The van der Waals surface area contributed by atoms with Crippen LogP contribution in [0, 0.1) is 11.3 Å². The first-order valence-corrected chi connectivity index (χ1v) is 6.60. The summed E-state index contributed by atoms with van der Waals surface area (Å²) in [5.74, 6) is 0. The van der Waals surface area contributed by atoms with E-state index in [9.17, 15) is 0 Å². The standard InChI is InChI=1S/C14H10N4S/c15-8-11-2-3-12(19-11)9-18-10-1-4-13-14(7-10)17-6-5-16-13/h1-7,18H,9H2. The van der Waals surface area contributed by atoms with Gasteiger partial charge >= 0.3 is 0 Å². The van der Waals surface area contributed by atoms with Gasteiger partial charge in [-0.05, 0) is 30.3 Å². The minimum Gasteiger partial charge on any atom is -0.380 e. The number of rotatable bonds is 3. The molecule has 0 spiro atoms. The number of hydrogen-bond acceptors (Lipinski definition) is 5. The van der Waals surface area contributed by atoms with Crippen molar-refractivity contribution in [3.8, 4) is 6.07 Å². The zero-order chi connectivity index (χ0) is 13.1. The number of nitrogens with one attached hydrogen (secondary N) is 1. The van der Waals surface area contributed by atoms with Gasteiger partial charge in [-0.3, -0.25) is 9.97 Å². The number of anilines is 1. The Morgan fingerprint density at radius 1 is 1.11 bits per heavy atom. The van der Waals surface area contributed by atoms with E-state index in [1.807, 2.05) is 30.3 Å². The van der Waals surface area contributed by atoms with Crippen molar-refractivity contribution >= 4 is 28.1 Å². The summed E-state index contributed by atoms with van der Waals surface area (Å²) in [5.41, 5.74) is 2.76. The van der Waals surface area contributed by atoms with Crippen molar-refractivity contribution in [3.63, 3.8) is 0 Å². The molecule has 0 saturated carbocycles. The summed E-state index contributed by atoms with van der Waals surface area (Å²) in [5, 5.41) is 12.1. The molecule has 4 nitrogen and oxygen atoms in total. The van der Waals surface area contributed by atoms with Gasteiger partial charge in [0.1, 0.15) is 10.9 Å². The molecule has 0 unspecified atom stereocenters. The van der Waals surface area contributed by atoms with Crippen LogP contribution >= 0.6 is 11.3 Å². The lowest BCUT2D eigenvalue weighted by Gasteiger charge is -2.05. The van der Waals surface area contributed by atoms with Crippen molar-refractivity contribution in [2.45, 2.75) is 6.54 Å². The van der Waals surface area contributed by atoms with E-state index >= 15 is 0 Å². The molecule has 0 amide bonds. The lowest BCUT2D eigenvalue weighted by Crippen LogP contribution is -1.97. The van der Waals surface area contributed by atoms with Crippen LogP contribution in [-0.4, -0.2) is 9.97 Å². The number of benzene rings is 1. The first-order chi connectivity index (χ1) is 9.35. The highest BCUT2D eigenvalue weighted by molar-refractivity contribution is 7.12. The number of fused-ring (bicyclic) bond motifs is 1. The topological polar surface area (TPSA) is 61.6 Å². The monoisotopic (exact) mass is 266 g/mol. The summed E-state index contributed by atoms with van der Waals surface area (Å²) in [6.07, 6.45) is 3.37. The fraction of sp³-hybridized carbons (Fsp3) is 0.0714. The number of nitrogens with zero attached hydrogens (tertiary/aromatic N) is 3. The highest BCUT2D eigenvalue weighted by Gasteiger charge is 2.01. The maximum absolute atomic E-state index is 8.78. The third-order valence-electron chi connectivity index (χ3n) is 2.71. The maximum Gasteiger partial charge on any atom is 0.110 e. The van der Waals surface area contributed by atoms with Gasteiger partial charge in [0.15, 0.2) is 0 Å². The predicted octanol–water partition coefficient (Wildman–Crippen LogP) is 3.18. The molecule has 5 heteroatoms. The molecule has 3 rings (SSSR count). The molecule has 2 heterocycles. The Morgan fingerprint density at radius 3 is 2.74 bits per heavy atom. The highest BCUT2D eigenvalue weighted by atomic mass is 32.1. The van der Waals surface area contributed by atoms with Gasteiger partial charge in [-0.15, -0.1) is 11.3 Å². The molecule has 0 fully saturated rings. The van der Waals surface area contributed by atoms with E-state index in [0.29, 0.717) is 6.54 Å². The molecular formula is C14H10N4S. The normalized spacial score (nSPS) is 10.3. The molecule has 0 aliphatic heterocycles. The fourth-order valence-electron chi connectivity index (χ4n) is 1.80. The smallest absolute Gasteiger partial charge is 0.110 e. The van der Waals surface area contributed by atoms with Crippen LogP contribution in [0.1, 0.15) is 9.75 Å². The van der Waals surface area contributed by atoms with Gasteiger partial charge in [0.25, 0.3) is 0 Å². The summed E-state index contributed by atoms with van der Waals surface area (Å²) in [7, 11) is 0. The minimum absolute atomic E-state index is 0.706. The molecule has 0 radical (unpaired) electrons. The Labute approximate surface area is 114 Å². The van der Waals surface area contributed by atoms with Crippen molar-refractivity contribution in [2.24, 2.45) is 0 Å². The molecule has 0 atom stereocenters. The Kier molecular flexibility index (Phi) is 3.09. The number of aromatic nitrogens is 2. The van der Waals surface area contributed by atoms with Crippen LogP contribution in [0.5, 0.6) is 0 Å². The van der Waals surface area contributed by atoms with E-state index in [1.165, 1.54) is 11.3 Å². The first-order valence-electron chi connectivity index (χ1n) is 5.78. The SMILES string of the molecule is N#Cc1ccc(CNc2ccc3nccnc3c2)s1. The van der Waals surface area contributed by atoms with Gasteiger partial charge in [0, 0.05) is 29.5 Å². The Morgan fingerprint density at radius 2 is 1.95 bits per heavy atom. The van der Waals surface area contributed by atoms with E-state index in [-0.39, 0.29) is 0 Å².